The van der Waals surface area contributed by atoms with Crippen molar-refractivity contribution in [2.75, 3.05) is 42.4 Å². The number of rotatable bonds is 5. The molecule has 0 aromatic heterocycles. The van der Waals surface area contributed by atoms with Crippen LogP contribution in [0.15, 0.2) is 24.3 Å². The van der Waals surface area contributed by atoms with Crippen LogP contribution in [0.3, 0.4) is 0 Å². The van der Waals surface area contributed by atoms with Crippen molar-refractivity contribution in [2.45, 2.75) is 12.5 Å². The van der Waals surface area contributed by atoms with Gasteiger partial charge < -0.3 is 15.5 Å². The van der Waals surface area contributed by atoms with Crippen molar-refractivity contribution < 1.29 is 13.2 Å². The van der Waals surface area contributed by atoms with Gasteiger partial charge in [-0.2, -0.15) is 0 Å². The third kappa shape index (κ3) is 4.71. The van der Waals surface area contributed by atoms with E-state index in [1.807, 2.05) is 43.3 Å². The molecule has 0 saturated carbocycles. The van der Waals surface area contributed by atoms with Crippen molar-refractivity contribution in [1.82, 2.24) is 5.32 Å². The average Bonchev–Trinajstić information content (AvgIpc) is 2.77. The lowest BCUT2D eigenvalue weighted by Gasteiger charge is -2.14. The summed E-state index contributed by atoms with van der Waals surface area (Å²) in [6.07, 6.45) is 0.577. The monoisotopic (exact) mass is 311 g/mol. The van der Waals surface area contributed by atoms with Gasteiger partial charge in [0, 0.05) is 31.5 Å². The van der Waals surface area contributed by atoms with E-state index in [9.17, 15) is 13.2 Å². The van der Waals surface area contributed by atoms with Crippen LogP contribution in [0.1, 0.15) is 6.42 Å². The largest absolute Gasteiger partial charge is 0.378 e. The number of carbonyl (C=O) groups excluding carboxylic acids is 1. The van der Waals surface area contributed by atoms with Gasteiger partial charge in [-0.25, -0.2) is 8.42 Å². The maximum atomic E-state index is 11.8. The molecule has 1 heterocycles. The number of benzene rings is 1. The third-order valence-electron chi connectivity index (χ3n) is 3.45. The van der Waals surface area contributed by atoms with Gasteiger partial charge in [0.15, 0.2) is 9.84 Å². The lowest BCUT2D eigenvalue weighted by Crippen LogP contribution is -2.36. The zero-order chi connectivity index (χ0) is 15.5. The Labute approximate surface area is 125 Å². The number of anilines is 2. The maximum absolute atomic E-state index is 11.8. The fourth-order valence-electron chi connectivity index (χ4n) is 2.24. The molecule has 1 unspecified atom stereocenters. The first-order chi connectivity index (χ1) is 9.85. The molecule has 1 aliphatic heterocycles. The molecule has 1 saturated heterocycles. The number of hydrogen-bond donors (Lipinski definition) is 2. The van der Waals surface area contributed by atoms with Gasteiger partial charge in [0.25, 0.3) is 0 Å². The fourth-order valence-corrected chi connectivity index (χ4v) is 3.95. The Balaban J connectivity index is 1.79. The molecule has 1 amide bonds. The van der Waals surface area contributed by atoms with Crippen LogP contribution in [0, 0.1) is 0 Å². The molecule has 1 aromatic carbocycles. The predicted molar refractivity (Wildman–Crippen MR) is 84.5 cm³/mol. The second kappa shape index (κ2) is 6.44. The molecule has 2 N–H and O–H groups in total. The van der Waals surface area contributed by atoms with Crippen molar-refractivity contribution in [1.29, 1.82) is 0 Å². The van der Waals surface area contributed by atoms with E-state index in [2.05, 4.69) is 10.6 Å². The van der Waals surface area contributed by atoms with Crippen molar-refractivity contribution >= 4 is 27.1 Å². The summed E-state index contributed by atoms with van der Waals surface area (Å²) in [6, 6.07) is 7.41. The fraction of sp³-hybridized carbons (Fsp3) is 0.500. The topological polar surface area (TPSA) is 78.5 Å². The van der Waals surface area contributed by atoms with Gasteiger partial charge in [0.2, 0.25) is 5.91 Å². The van der Waals surface area contributed by atoms with E-state index in [0.717, 1.165) is 11.4 Å². The highest BCUT2D eigenvalue weighted by atomic mass is 32.2. The third-order valence-corrected chi connectivity index (χ3v) is 5.22. The SMILES string of the molecule is CN(C)c1ccc(NC(=O)CNC2CCS(=O)(=O)C2)cc1. The smallest absolute Gasteiger partial charge is 0.238 e. The van der Waals surface area contributed by atoms with Crippen LogP contribution in [0.5, 0.6) is 0 Å². The van der Waals surface area contributed by atoms with Gasteiger partial charge in [-0.1, -0.05) is 0 Å². The van der Waals surface area contributed by atoms with Gasteiger partial charge in [-0.05, 0) is 30.7 Å². The van der Waals surface area contributed by atoms with Crippen LogP contribution < -0.4 is 15.5 Å². The molecule has 2 rings (SSSR count). The summed E-state index contributed by atoms with van der Waals surface area (Å²) in [7, 11) is 0.989. The minimum atomic E-state index is -2.91. The Morgan fingerprint density at radius 1 is 1.29 bits per heavy atom. The molecule has 1 aromatic rings. The second-order valence-electron chi connectivity index (χ2n) is 5.47. The normalized spacial score (nSPS) is 20.2. The lowest BCUT2D eigenvalue weighted by molar-refractivity contribution is -0.115. The molecule has 0 spiro atoms. The quantitative estimate of drug-likeness (QED) is 0.826. The molecule has 0 radical (unpaired) electrons. The Morgan fingerprint density at radius 2 is 1.95 bits per heavy atom. The Hall–Kier alpha value is -1.60. The van der Waals surface area contributed by atoms with E-state index in [1.54, 1.807) is 0 Å². The average molecular weight is 311 g/mol. The number of nitrogens with zero attached hydrogens (tertiary/aromatic N) is 1. The summed E-state index contributed by atoms with van der Waals surface area (Å²) in [5.41, 5.74) is 1.79. The summed E-state index contributed by atoms with van der Waals surface area (Å²) in [5, 5.41) is 5.77. The van der Waals surface area contributed by atoms with Crippen LogP contribution >= 0.6 is 0 Å². The molecule has 0 bridgehead atoms. The minimum absolute atomic E-state index is 0.114. The van der Waals surface area contributed by atoms with E-state index in [1.165, 1.54) is 0 Å². The van der Waals surface area contributed by atoms with Gasteiger partial charge >= 0.3 is 0 Å². The summed E-state index contributed by atoms with van der Waals surface area (Å²) >= 11 is 0. The standard InChI is InChI=1S/C14H21N3O3S/c1-17(2)13-5-3-11(4-6-13)16-14(18)9-15-12-7-8-21(19,20)10-12/h3-6,12,15H,7-10H2,1-2H3,(H,16,18). The van der Waals surface area contributed by atoms with Crippen molar-refractivity contribution in [3.63, 3.8) is 0 Å². The van der Waals surface area contributed by atoms with Crippen LogP contribution in [-0.4, -0.2) is 52.5 Å². The van der Waals surface area contributed by atoms with E-state index in [-0.39, 0.29) is 30.0 Å². The van der Waals surface area contributed by atoms with E-state index < -0.39 is 9.84 Å². The Bertz CT molecular complexity index is 596. The highest BCUT2D eigenvalue weighted by molar-refractivity contribution is 7.91. The zero-order valence-electron chi connectivity index (χ0n) is 12.3. The molecular formula is C14H21N3O3S. The molecule has 116 valence electrons. The first-order valence-electron chi connectivity index (χ1n) is 6.87. The number of hydrogen-bond acceptors (Lipinski definition) is 5. The van der Waals surface area contributed by atoms with Crippen LogP contribution in [0.25, 0.3) is 0 Å². The molecular weight excluding hydrogens is 290 g/mol. The van der Waals surface area contributed by atoms with Crippen LogP contribution in [0.4, 0.5) is 11.4 Å². The molecule has 0 aliphatic carbocycles. The number of sulfone groups is 1. The molecule has 21 heavy (non-hydrogen) atoms. The molecule has 7 heteroatoms. The van der Waals surface area contributed by atoms with Crippen LogP contribution in [-0.2, 0) is 14.6 Å². The zero-order valence-corrected chi connectivity index (χ0v) is 13.1. The second-order valence-corrected chi connectivity index (χ2v) is 7.70. The Kier molecular flexibility index (Phi) is 4.84. The summed E-state index contributed by atoms with van der Waals surface area (Å²) in [6.45, 7) is 0.121. The molecule has 1 atom stereocenters. The van der Waals surface area contributed by atoms with E-state index in [4.69, 9.17) is 0 Å². The summed E-state index contributed by atoms with van der Waals surface area (Å²) in [5.74, 6) is 0.160. The maximum Gasteiger partial charge on any atom is 0.238 e. The number of amides is 1. The molecule has 1 fully saturated rings. The van der Waals surface area contributed by atoms with E-state index >= 15 is 0 Å². The van der Waals surface area contributed by atoms with Gasteiger partial charge in [-0.15, -0.1) is 0 Å². The van der Waals surface area contributed by atoms with Gasteiger partial charge in [-0.3, -0.25) is 4.79 Å². The van der Waals surface area contributed by atoms with Crippen molar-refractivity contribution in [3.05, 3.63) is 24.3 Å². The van der Waals surface area contributed by atoms with Gasteiger partial charge in [0.1, 0.15) is 0 Å². The predicted octanol–water partition coefficient (Wildman–Crippen LogP) is 0.468. The summed E-state index contributed by atoms with van der Waals surface area (Å²) < 4.78 is 22.6. The highest BCUT2D eigenvalue weighted by Crippen LogP contribution is 2.15. The van der Waals surface area contributed by atoms with Crippen LogP contribution in [0.2, 0.25) is 0 Å². The van der Waals surface area contributed by atoms with Crippen molar-refractivity contribution in [3.8, 4) is 0 Å². The van der Waals surface area contributed by atoms with Gasteiger partial charge in [0.05, 0.1) is 18.1 Å². The molecule has 1 aliphatic rings. The first-order valence-corrected chi connectivity index (χ1v) is 8.69. The molecule has 6 nitrogen and oxygen atoms in total. The highest BCUT2D eigenvalue weighted by Gasteiger charge is 2.27. The van der Waals surface area contributed by atoms with Crippen molar-refractivity contribution in [2.24, 2.45) is 0 Å². The summed E-state index contributed by atoms with van der Waals surface area (Å²) in [4.78, 5) is 13.8. The number of nitrogens with one attached hydrogen (secondary N) is 2. The first kappa shape index (κ1) is 15.8. The lowest BCUT2D eigenvalue weighted by atomic mass is 10.2. The minimum Gasteiger partial charge on any atom is -0.378 e. The Morgan fingerprint density at radius 3 is 2.48 bits per heavy atom. The van der Waals surface area contributed by atoms with E-state index in [0.29, 0.717) is 6.42 Å². The number of carbonyl (C=O) groups is 1.